The standard InChI is InChI=1S/C15H15NO2/c1-10-9-14(17)16(15(10)18)13-8-4-6-11-5-2-3-7-12(11)13/h2-3,5,7,9,13H,4,6,8H2,1H3. The van der Waals surface area contributed by atoms with Crippen LogP contribution in [0.4, 0.5) is 0 Å². The molecule has 1 aromatic rings. The Kier molecular flexibility index (Phi) is 2.54. The summed E-state index contributed by atoms with van der Waals surface area (Å²) in [5.74, 6) is -0.305. The molecule has 92 valence electrons. The van der Waals surface area contributed by atoms with Gasteiger partial charge in [0.05, 0.1) is 6.04 Å². The van der Waals surface area contributed by atoms with Gasteiger partial charge < -0.3 is 0 Å². The van der Waals surface area contributed by atoms with E-state index in [0.29, 0.717) is 5.57 Å². The summed E-state index contributed by atoms with van der Waals surface area (Å²) >= 11 is 0. The molecule has 2 aliphatic rings. The second-order valence-electron chi connectivity index (χ2n) is 4.95. The van der Waals surface area contributed by atoms with Crippen LogP contribution in [0.2, 0.25) is 0 Å². The molecule has 3 rings (SSSR count). The molecular weight excluding hydrogens is 226 g/mol. The highest BCUT2D eigenvalue weighted by molar-refractivity contribution is 6.16. The third kappa shape index (κ3) is 1.58. The lowest BCUT2D eigenvalue weighted by molar-refractivity contribution is -0.140. The fraction of sp³-hybridized carbons (Fsp3) is 0.333. The molecule has 3 heteroatoms. The number of rotatable bonds is 1. The molecule has 0 N–H and O–H groups in total. The smallest absolute Gasteiger partial charge is 0.257 e. The molecule has 1 aliphatic heterocycles. The van der Waals surface area contributed by atoms with Gasteiger partial charge in [-0.2, -0.15) is 0 Å². The minimum Gasteiger partial charge on any atom is -0.269 e. The van der Waals surface area contributed by atoms with Crippen LogP contribution in [0.25, 0.3) is 0 Å². The molecule has 0 saturated heterocycles. The van der Waals surface area contributed by atoms with Gasteiger partial charge in [-0.25, -0.2) is 0 Å². The largest absolute Gasteiger partial charge is 0.269 e. The zero-order valence-corrected chi connectivity index (χ0v) is 10.3. The third-order valence-electron chi connectivity index (χ3n) is 3.78. The molecule has 1 atom stereocenters. The van der Waals surface area contributed by atoms with E-state index in [1.54, 1.807) is 6.92 Å². The van der Waals surface area contributed by atoms with Gasteiger partial charge in [-0.1, -0.05) is 24.3 Å². The molecule has 1 heterocycles. The Bertz CT molecular complexity index is 559. The Balaban J connectivity index is 2.00. The number of carbonyl (C=O) groups excluding carboxylic acids is 2. The minimum atomic E-state index is -0.167. The highest BCUT2D eigenvalue weighted by Gasteiger charge is 2.37. The van der Waals surface area contributed by atoms with E-state index in [1.807, 2.05) is 18.2 Å². The lowest BCUT2D eigenvalue weighted by atomic mass is 9.87. The maximum atomic E-state index is 12.1. The van der Waals surface area contributed by atoms with Crippen molar-refractivity contribution in [3.8, 4) is 0 Å². The van der Waals surface area contributed by atoms with Crippen LogP contribution in [-0.2, 0) is 16.0 Å². The molecule has 0 fully saturated rings. The first-order valence-electron chi connectivity index (χ1n) is 6.32. The van der Waals surface area contributed by atoms with Gasteiger partial charge >= 0.3 is 0 Å². The van der Waals surface area contributed by atoms with Gasteiger partial charge in [0.15, 0.2) is 0 Å². The number of amides is 2. The summed E-state index contributed by atoms with van der Waals surface area (Å²) in [6.45, 7) is 1.70. The molecule has 0 aromatic heterocycles. The summed E-state index contributed by atoms with van der Waals surface area (Å²) in [5, 5.41) is 0. The van der Waals surface area contributed by atoms with E-state index in [1.165, 1.54) is 16.5 Å². The van der Waals surface area contributed by atoms with E-state index in [4.69, 9.17) is 0 Å². The van der Waals surface area contributed by atoms with Crippen molar-refractivity contribution in [2.24, 2.45) is 0 Å². The summed E-state index contributed by atoms with van der Waals surface area (Å²) in [6, 6.07) is 8.03. The van der Waals surface area contributed by atoms with Crippen LogP contribution in [0, 0.1) is 0 Å². The van der Waals surface area contributed by atoms with Gasteiger partial charge in [-0.3, -0.25) is 14.5 Å². The number of carbonyl (C=O) groups is 2. The van der Waals surface area contributed by atoms with Crippen LogP contribution >= 0.6 is 0 Å². The summed E-state index contributed by atoms with van der Waals surface area (Å²) in [7, 11) is 0. The molecule has 18 heavy (non-hydrogen) atoms. The van der Waals surface area contributed by atoms with Crippen molar-refractivity contribution in [2.75, 3.05) is 0 Å². The van der Waals surface area contributed by atoms with E-state index < -0.39 is 0 Å². The van der Waals surface area contributed by atoms with Crippen molar-refractivity contribution in [3.05, 3.63) is 47.0 Å². The number of nitrogens with zero attached hydrogens (tertiary/aromatic N) is 1. The first-order chi connectivity index (χ1) is 8.68. The molecule has 0 spiro atoms. The molecule has 0 saturated carbocycles. The normalized spacial score (nSPS) is 23.1. The lowest BCUT2D eigenvalue weighted by Gasteiger charge is -2.32. The summed E-state index contributed by atoms with van der Waals surface area (Å²) in [6.07, 6.45) is 4.38. The zero-order chi connectivity index (χ0) is 12.7. The van der Waals surface area contributed by atoms with Gasteiger partial charge in [0.25, 0.3) is 11.8 Å². The highest BCUT2D eigenvalue weighted by Crippen LogP contribution is 2.36. The monoisotopic (exact) mass is 241 g/mol. The van der Waals surface area contributed by atoms with Gasteiger partial charge in [-0.05, 0) is 37.3 Å². The highest BCUT2D eigenvalue weighted by atomic mass is 16.2. The topological polar surface area (TPSA) is 37.4 Å². The number of imide groups is 1. The fourth-order valence-corrected chi connectivity index (χ4v) is 2.90. The Morgan fingerprint density at radius 1 is 1.22 bits per heavy atom. The summed E-state index contributed by atoms with van der Waals surface area (Å²) in [4.78, 5) is 25.4. The number of hydrogen-bond acceptors (Lipinski definition) is 2. The summed E-state index contributed by atoms with van der Waals surface area (Å²) < 4.78 is 0. The molecule has 1 aliphatic carbocycles. The van der Waals surface area contributed by atoms with E-state index in [2.05, 4.69) is 6.07 Å². The number of hydrogen-bond donors (Lipinski definition) is 0. The maximum Gasteiger partial charge on any atom is 0.257 e. The molecule has 0 radical (unpaired) electrons. The predicted molar refractivity (Wildman–Crippen MR) is 67.7 cm³/mol. The van der Waals surface area contributed by atoms with Crippen LogP contribution < -0.4 is 0 Å². The van der Waals surface area contributed by atoms with Crippen LogP contribution in [0.3, 0.4) is 0 Å². The van der Waals surface area contributed by atoms with Crippen molar-refractivity contribution in [1.29, 1.82) is 0 Å². The van der Waals surface area contributed by atoms with Crippen LogP contribution in [-0.4, -0.2) is 16.7 Å². The van der Waals surface area contributed by atoms with Gasteiger partial charge in [0, 0.05) is 11.6 Å². The Morgan fingerprint density at radius 2 is 2.00 bits per heavy atom. The zero-order valence-electron chi connectivity index (χ0n) is 10.3. The molecule has 0 bridgehead atoms. The van der Waals surface area contributed by atoms with Crippen molar-refractivity contribution in [2.45, 2.75) is 32.2 Å². The number of fused-ring (bicyclic) bond motifs is 1. The average molecular weight is 241 g/mol. The van der Waals surface area contributed by atoms with E-state index in [-0.39, 0.29) is 17.9 Å². The average Bonchev–Trinajstić information content (AvgIpc) is 2.63. The van der Waals surface area contributed by atoms with Crippen LogP contribution in [0.5, 0.6) is 0 Å². The molecular formula is C15H15NO2. The molecule has 3 nitrogen and oxygen atoms in total. The first kappa shape index (κ1) is 11.2. The van der Waals surface area contributed by atoms with Crippen molar-refractivity contribution in [1.82, 2.24) is 4.90 Å². The van der Waals surface area contributed by atoms with Crippen LogP contribution in [0.1, 0.15) is 36.9 Å². The lowest BCUT2D eigenvalue weighted by Crippen LogP contribution is -2.36. The van der Waals surface area contributed by atoms with E-state index in [0.717, 1.165) is 24.8 Å². The molecule has 1 unspecified atom stereocenters. The predicted octanol–water partition coefficient (Wildman–Crippen LogP) is 2.38. The van der Waals surface area contributed by atoms with E-state index >= 15 is 0 Å². The second kappa shape index (κ2) is 4.09. The Labute approximate surface area is 106 Å². The van der Waals surface area contributed by atoms with Gasteiger partial charge in [0.2, 0.25) is 0 Å². The molecule has 1 aromatic carbocycles. The first-order valence-corrected chi connectivity index (χ1v) is 6.32. The van der Waals surface area contributed by atoms with Gasteiger partial charge in [0.1, 0.15) is 0 Å². The minimum absolute atomic E-state index is 0.0800. The Morgan fingerprint density at radius 3 is 2.72 bits per heavy atom. The second-order valence-corrected chi connectivity index (χ2v) is 4.95. The quantitative estimate of drug-likeness (QED) is 0.708. The van der Waals surface area contributed by atoms with E-state index in [9.17, 15) is 9.59 Å². The summed E-state index contributed by atoms with van der Waals surface area (Å²) in [5.41, 5.74) is 2.94. The van der Waals surface area contributed by atoms with Gasteiger partial charge in [-0.15, -0.1) is 0 Å². The third-order valence-corrected chi connectivity index (χ3v) is 3.78. The van der Waals surface area contributed by atoms with Crippen molar-refractivity contribution < 1.29 is 9.59 Å². The SMILES string of the molecule is CC1=CC(=O)N(C2CCCc3ccccc32)C1=O. The number of benzene rings is 1. The molecule has 2 amide bonds. The van der Waals surface area contributed by atoms with Crippen molar-refractivity contribution >= 4 is 11.8 Å². The Hall–Kier alpha value is -1.90. The maximum absolute atomic E-state index is 12.1. The van der Waals surface area contributed by atoms with Crippen LogP contribution in [0.15, 0.2) is 35.9 Å². The number of aryl methyl sites for hydroxylation is 1. The van der Waals surface area contributed by atoms with Crippen molar-refractivity contribution in [3.63, 3.8) is 0 Å². The fourth-order valence-electron chi connectivity index (χ4n) is 2.90.